The summed E-state index contributed by atoms with van der Waals surface area (Å²) in [5.41, 5.74) is 2.35. The van der Waals surface area contributed by atoms with Gasteiger partial charge in [0, 0.05) is 30.9 Å². The normalized spacial score (nSPS) is 17.6. The van der Waals surface area contributed by atoms with Gasteiger partial charge >= 0.3 is 0 Å². The second kappa shape index (κ2) is 6.24. The van der Waals surface area contributed by atoms with Crippen LogP contribution >= 0.6 is 11.3 Å². The van der Waals surface area contributed by atoms with Gasteiger partial charge < -0.3 is 14.5 Å². The van der Waals surface area contributed by atoms with E-state index in [4.69, 9.17) is 4.74 Å². The van der Waals surface area contributed by atoms with Crippen molar-refractivity contribution in [3.05, 3.63) is 46.2 Å². The first-order chi connectivity index (χ1) is 11.3. The molecule has 2 aliphatic heterocycles. The molecule has 4 nitrogen and oxygen atoms in total. The zero-order valence-corrected chi connectivity index (χ0v) is 13.8. The van der Waals surface area contributed by atoms with E-state index in [1.165, 1.54) is 29.9 Å². The van der Waals surface area contributed by atoms with Gasteiger partial charge in [0.2, 0.25) is 0 Å². The molecule has 0 unspecified atom stereocenters. The molecule has 0 spiro atoms. The molecule has 0 bridgehead atoms. The molecule has 23 heavy (non-hydrogen) atoms. The summed E-state index contributed by atoms with van der Waals surface area (Å²) < 4.78 is 5.85. The summed E-state index contributed by atoms with van der Waals surface area (Å²) in [6.07, 6.45) is 2.52. The minimum absolute atomic E-state index is 0.100. The van der Waals surface area contributed by atoms with Crippen LogP contribution in [-0.2, 0) is 6.54 Å². The van der Waals surface area contributed by atoms with E-state index in [1.807, 2.05) is 22.4 Å². The van der Waals surface area contributed by atoms with Gasteiger partial charge in [-0.25, -0.2) is 0 Å². The molecule has 0 atom stereocenters. The maximum Gasteiger partial charge on any atom is 0.264 e. The van der Waals surface area contributed by atoms with Crippen molar-refractivity contribution in [1.29, 1.82) is 0 Å². The Balaban J connectivity index is 1.59. The van der Waals surface area contributed by atoms with Gasteiger partial charge in [0.25, 0.3) is 5.91 Å². The molecule has 1 amide bonds. The third-order valence-corrected chi connectivity index (χ3v) is 5.37. The molecule has 3 heterocycles. The average Bonchev–Trinajstić information content (AvgIpc) is 3.24. The lowest BCUT2D eigenvalue weighted by Crippen LogP contribution is -2.31. The van der Waals surface area contributed by atoms with E-state index in [9.17, 15) is 4.79 Å². The molecular formula is C18H20N2O2S. The Morgan fingerprint density at radius 1 is 1.13 bits per heavy atom. The van der Waals surface area contributed by atoms with Gasteiger partial charge in [0.1, 0.15) is 12.4 Å². The fourth-order valence-corrected chi connectivity index (χ4v) is 3.97. The summed E-state index contributed by atoms with van der Waals surface area (Å²) in [6, 6.07) is 10.2. The lowest BCUT2D eigenvalue weighted by Gasteiger charge is -2.21. The van der Waals surface area contributed by atoms with Gasteiger partial charge in [0.05, 0.1) is 11.4 Å². The third kappa shape index (κ3) is 2.93. The van der Waals surface area contributed by atoms with E-state index >= 15 is 0 Å². The molecule has 1 aromatic carbocycles. The fourth-order valence-electron chi connectivity index (χ4n) is 3.28. The van der Waals surface area contributed by atoms with Crippen molar-refractivity contribution in [2.45, 2.75) is 19.4 Å². The number of anilines is 1. The van der Waals surface area contributed by atoms with Gasteiger partial charge in [-0.2, -0.15) is 0 Å². The Morgan fingerprint density at radius 3 is 2.78 bits per heavy atom. The molecule has 1 fully saturated rings. The highest BCUT2D eigenvalue weighted by Crippen LogP contribution is 2.30. The highest BCUT2D eigenvalue weighted by molar-refractivity contribution is 7.12. The zero-order valence-electron chi connectivity index (χ0n) is 13.0. The van der Waals surface area contributed by atoms with Gasteiger partial charge in [-0.15, -0.1) is 11.3 Å². The monoisotopic (exact) mass is 328 g/mol. The summed E-state index contributed by atoms with van der Waals surface area (Å²) in [4.78, 5) is 17.7. The highest BCUT2D eigenvalue weighted by Gasteiger charge is 2.23. The first-order valence-electron chi connectivity index (χ1n) is 8.15. The lowest BCUT2D eigenvalue weighted by molar-refractivity contribution is 0.0738. The number of amides is 1. The summed E-state index contributed by atoms with van der Waals surface area (Å²) in [5.74, 6) is 1.01. The third-order valence-electron chi connectivity index (χ3n) is 4.51. The van der Waals surface area contributed by atoms with Crippen LogP contribution in [0.3, 0.4) is 0 Å². The van der Waals surface area contributed by atoms with Crippen molar-refractivity contribution in [3.63, 3.8) is 0 Å². The number of fused-ring (bicyclic) bond motifs is 1. The Kier molecular flexibility index (Phi) is 3.95. The number of hydrogen-bond acceptors (Lipinski definition) is 4. The van der Waals surface area contributed by atoms with Gasteiger partial charge in [-0.3, -0.25) is 4.79 Å². The SMILES string of the molecule is O=C(c1cccs1)N1CCOc2ccc(N3CCCC3)cc2C1. The number of carbonyl (C=O) groups excluding carboxylic acids is 1. The molecule has 0 radical (unpaired) electrons. The summed E-state index contributed by atoms with van der Waals surface area (Å²) in [7, 11) is 0. The van der Waals surface area contributed by atoms with Gasteiger partial charge in [-0.05, 0) is 42.5 Å². The molecular weight excluding hydrogens is 308 g/mol. The zero-order chi connectivity index (χ0) is 15.6. The first kappa shape index (κ1) is 14.6. The predicted octanol–water partition coefficient (Wildman–Crippen LogP) is 3.38. The van der Waals surface area contributed by atoms with E-state index in [0.29, 0.717) is 19.7 Å². The first-order valence-corrected chi connectivity index (χ1v) is 9.03. The average molecular weight is 328 g/mol. The smallest absolute Gasteiger partial charge is 0.264 e. The van der Waals surface area contributed by atoms with Crippen LogP contribution in [0.5, 0.6) is 5.75 Å². The minimum atomic E-state index is 0.100. The molecule has 1 saturated heterocycles. The van der Waals surface area contributed by atoms with Crippen molar-refractivity contribution < 1.29 is 9.53 Å². The predicted molar refractivity (Wildman–Crippen MR) is 92.4 cm³/mol. The van der Waals surface area contributed by atoms with E-state index < -0.39 is 0 Å². The number of nitrogens with zero attached hydrogens (tertiary/aromatic N) is 2. The van der Waals surface area contributed by atoms with Crippen LogP contribution in [0.2, 0.25) is 0 Å². The standard InChI is InChI=1S/C18H20N2O2S/c21-18(17-4-3-11-23-17)20-9-10-22-16-6-5-15(12-14(16)13-20)19-7-1-2-8-19/h3-6,11-12H,1-2,7-10,13H2. The van der Waals surface area contributed by atoms with Crippen LogP contribution in [0, 0.1) is 0 Å². The van der Waals surface area contributed by atoms with Crippen LogP contribution in [0.25, 0.3) is 0 Å². The Bertz CT molecular complexity index is 693. The van der Waals surface area contributed by atoms with Crippen LogP contribution in [0.15, 0.2) is 35.7 Å². The lowest BCUT2D eigenvalue weighted by atomic mass is 10.1. The Hall–Kier alpha value is -2.01. The number of thiophene rings is 1. The van der Waals surface area contributed by atoms with Crippen molar-refractivity contribution in [2.24, 2.45) is 0 Å². The van der Waals surface area contributed by atoms with Crippen molar-refractivity contribution >= 4 is 22.9 Å². The molecule has 120 valence electrons. The quantitative estimate of drug-likeness (QED) is 0.847. The summed E-state index contributed by atoms with van der Waals surface area (Å²) in [5, 5.41) is 1.95. The molecule has 5 heteroatoms. The molecule has 2 aliphatic rings. The molecule has 2 aromatic rings. The molecule has 0 saturated carbocycles. The van der Waals surface area contributed by atoms with Crippen LogP contribution in [-0.4, -0.2) is 37.0 Å². The molecule has 0 aliphatic carbocycles. The maximum atomic E-state index is 12.6. The molecule has 0 N–H and O–H groups in total. The van der Waals surface area contributed by atoms with Crippen LogP contribution in [0.1, 0.15) is 28.1 Å². The van der Waals surface area contributed by atoms with Gasteiger partial charge in [-0.1, -0.05) is 6.07 Å². The highest BCUT2D eigenvalue weighted by atomic mass is 32.1. The van der Waals surface area contributed by atoms with E-state index in [1.54, 1.807) is 0 Å². The van der Waals surface area contributed by atoms with Crippen LogP contribution < -0.4 is 9.64 Å². The topological polar surface area (TPSA) is 32.8 Å². The fraction of sp³-hybridized carbons (Fsp3) is 0.389. The number of benzene rings is 1. The van der Waals surface area contributed by atoms with E-state index in [2.05, 4.69) is 23.1 Å². The van der Waals surface area contributed by atoms with E-state index in [-0.39, 0.29) is 5.91 Å². The van der Waals surface area contributed by atoms with Gasteiger partial charge in [0.15, 0.2) is 0 Å². The summed E-state index contributed by atoms with van der Waals surface area (Å²) >= 11 is 1.50. The number of ether oxygens (including phenoxy) is 1. The minimum Gasteiger partial charge on any atom is -0.491 e. The van der Waals surface area contributed by atoms with Crippen molar-refractivity contribution in [3.8, 4) is 5.75 Å². The number of hydrogen-bond donors (Lipinski definition) is 0. The summed E-state index contributed by atoms with van der Waals surface area (Å²) in [6.45, 7) is 4.04. The molecule has 1 aromatic heterocycles. The maximum absolute atomic E-state index is 12.6. The van der Waals surface area contributed by atoms with Crippen molar-refractivity contribution in [2.75, 3.05) is 31.1 Å². The second-order valence-corrected chi connectivity index (χ2v) is 6.99. The number of rotatable bonds is 2. The largest absolute Gasteiger partial charge is 0.491 e. The Morgan fingerprint density at radius 2 is 2.00 bits per heavy atom. The molecule has 4 rings (SSSR count). The number of carbonyl (C=O) groups is 1. The van der Waals surface area contributed by atoms with Crippen molar-refractivity contribution in [1.82, 2.24) is 4.90 Å². The Labute approximate surface area is 140 Å². The van der Waals surface area contributed by atoms with Crippen LogP contribution in [0.4, 0.5) is 5.69 Å². The second-order valence-electron chi connectivity index (χ2n) is 6.04. The van der Waals surface area contributed by atoms with E-state index in [0.717, 1.165) is 29.3 Å².